The maximum Gasteiger partial charge on any atom is 0.253 e. The van der Waals surface area contributed by atoms with E-state index in [0.717, 1.165) is 5.56 Å². The number of carbonyl (C=O) groups is 2. The fraction of sp³-hybridized carbons (Fsp3) is 0.176. The third-order valence-electron chi connectivity index (χ3n) is 3.55. The molecule has 126 valence electrons. The number of anilines is 1. The first-order valence-corrected chi connectivity index (χ1v) is 7.93. The van der Waals surface area contributed by atoms with Gasteiger partial charge in [-0.15, -0.1) is 0 Å². The molecule has 0 radical (unpaired) electrons. The van der Waals surface area contributed by atoms with Gasteiger partial charge in [-0.05, 0) is 29.8 Å². The molecule has 5 nitrogen and oxygen atoms in total. The first-order chi connectivity index (χ1) is 11.3. The molecule has 3 N–H and O–H groups in total. The molecule has 2 aromatic carbocycles. The first-order valence-electron chi connectivity index (χ1n) is 7.14. The summed E-state index contributed by atoms with van der Waals surface area (Å²) in [6, 6.07) is 9.87. The molecule has 24 heavy (non-hydrogen) atoms. The SMILES string of the molecule is CNC(=O)c1ccc(CN(C)c2cc(Br)cc(F)c2C(N)=O)cc1. The number of nitrogens with two attached hydrogens (primary N) is 1. The van der Waals surface area contributed by atoms with Crippen molar-refractivity contribution >= 4 is 33.4 Å². The highest BCUT2D eigenvalue weighted by Crippen LogP contribution is 2.28. The quantitative estimate of drug-likeness (QED) is 0.819. The summed E-state index contributed by atoms with van der Waals surface area (Å²) in [7, 11) is 3.30. The summed E-state index contributed by atoms with van der Waals surface area (Å²) in [4.78, 5) is 24.8. The molecule has 0 heterocycles. The highest BCUT2D eigenvalue weighted by atomic mass is 79.9. The van der Waals surface area contributed by atoms with Crippen LogP contribution in [0.5, 0.6) is 0 Å². The van der Waals surface area contributed by atoms with Crippen LogP contribution in [0.2, 0.25) is 0 Å². The Bertz CT molecular complexity index is 778. The van der Waals surface area contributed by atoms with Crippen molar-refractivity contribution in [3.05, 3.63) is 63.4 Å². The zero-order chi connectivity index (χ0) is 17.9. The van der Waals surface area contributed by atoms with Gasteiger partial charge in [0.25, 0.3) is 11.8 Å². The molecule has 0 saturated carbocycles. The molecule has 0 aliphatic carbocycles. The molecule has 0 saturated heterocycles. The summed E-state index contributed by atoms with van der Waals surface area (Å²) in [6.07, 6.45) is 0. The topological polar surface area (TPSA) is 75.4 Å². The summed E-state index contributed by atoms with van der Waals surface area (Å²) >= 11 is 3.22. The third-order valence-corrected chi connectivity index (χ3v) is 4.01. The average Bonchev–Trinajstić information content (AvgIpc) is 2.53. The van der Waals surface area contributed by atoms with Crippen LogP contribution in [-0.4, -0.2) is 25.9 Å². The lowest BCUT2D eigenvalue weighted by atomic mass is 10.1. The standard InChI is InChI=1S/C17H17BrFN3O2/c1-21-17(24)11-5-3-10(4-6-11)9-22(2)14-8-12(18)7-13(19)15(14)16(20)23/h3-8H,9H2,1-2H3,(H2,20,23)(H,21,24). The Labute approximate surface area is 147 Å². The van der Waals surface area contributed by atoms with Gasteiger partial charge in [0.05, 0.1) is 11.3 Å². The van der Waals surface area contributed by atoms with Gasteiger partial charge in [-0.2, -0.15) is 0 Å². The Hall–Kier alpha value is -2.41. The minimum atomic E-state index is -0.822. The van der Waals surface area contributed by atoms with Crippen molar-refractivity contribution in [2.45, 2.75) is 6.54 Å². The van der Waals surface area contributed by atoms with Crippen molar-refractivity contribution in [3.63, 3.8) is 0 Å². The van der Waals surface area contributed by atoms with Crippen LogP contribution in [0, 0.1) is 5.82 Å². The van der Waals surface area contributed by atoms with Gasteiger partial charge in [0.15, 0.2) is 0 Å². The van der Waals surface area contributed by atoms with Crippen LogP contribution < -0.4 is 16.0 Å². The molecule has 0 spiro atoms. The van der Waals surface area contributed by atoms with Gasteiger partial charge in [0, 0.05) is 30.7 Å². The number of rotatable bonds is 5. The van der Waals surface area contributed by atoms with Gasteiger partial charge in [-0.25, -0.2) is 4.39 Å². The minimum absolute atomic E-state index is 0.150. The van der Waals surface area contributed by atoms with E-state index in [2.05, 4.69) is 21.2 Å². The summed E-state index contributed by atoms with van der Waals surface area (Å²) in [5.41, 5.74) is 7.00. The average molecular weight is 394 g/mol. The Kier molecular flexibility index (Phi) is 5.56. The Morgan fingerprint density at radius 2 is 1.88 bits per heavy atom. The Morgan fingerprint density at radius 1 is 1.25 bits per heavy atom. The van der Waals surface area contributed by atoms with Crippen molar-refractivity contribution in [2.24, 2.45) is 5.73 Å². The lowest BCUT2D eigenvalue weighted by Gasteiger charge is -2.22. The number of nitrogens with zero attached hydrogens (tertiary/aromatic N) is 1. The molecule has 0 atom stereocenters. The maximum atomic E-state index is 14.0. The second kappa shape index (κ2) is 7.44. The predicted molar refractivity (Wildman–Crippen MR) is 94.6 cm³/mol. The van der Waals surface area contributed by atoms with E-state index in [-0.39, 0.29) is 11.5 Å². The van der Waals surface area contributed by atoms with E-state index >= 15 is 0 Å². The Balaban J connectivity index is 2.28. The molecule has 0 aliphatic heterocycles. The number of primary amides is 1. The van der Waals surface area contributed by atoms with Crippen LogP contribution in [0.1, 0.15) is 26.3 Å². The van der Waals surface area contributed by atoms with Crippen molar-refractivity contribution in [1.82, 2.24) is 5.32 Å². The largest absolute Gasteiger partial charge is 0.370 e. The molecule has 0 fully saturated rings. The van der Waals surface area contributed by atoms with Gasteiger partial charge in [-0.1, -0.05) is 28.1 Å². The monoisotopic (exact) mass is 393 g/mol. The minimum Gasteiger partial charge on any atom is -0.370 e. The molecule has 7 heteroatoms. The Morgan fingerprint density at radius 3 is 2.42 bits per heavy atom. The third kappa shape index (κ3) is 3.91. The normalized spacial score (nSPS) is 10.3. The van der Waals surface area contributed by atoms with Gasteiger partial charge in [-0.3, -0.25) is 9.59 Å². The molecule has 0 bridgehead atoms. The number of carbonyl (C=O) groups excluding carboxylic acids is 2. The van der Waals surface area contributed by atoms with Crippen molar-refractivity contribution in [3.8, 4) is 0 Å². The van der Waals surface area contributed by atoms with E-state index in [4.69, 9.17) is 5.73 Å². The molecule has 0 unspecified atom stereocenters. The molecule has 2 rings (SSSR count). The fourth-order valence-corrected chi connectivity index (χ4v) is 2.79. The number of hydrogen-bond acceptors (Lipinski definition) is 3. The van der Waals surface area contributed by atoms with Gasteiger partial charge in [0.1, 0.15) is 5.82 Å². The zero-order valence-corrected chi connectivity index (χ0v) is 14.9. The number of hydrogen-bond donors (Lipinski definition) is 2. The summed E-state index contributed by atoms with van der Waals surface area (Å²) in [5, 5.41) is 2.55. The summed E-state index contributed by atoms with van der Waals surface area (Å²) in [5.74, 6) is -1.66. The van der Waals surface area contributed by atoms with Crippen LogP contribution in [0.3, 0.4) is 0 Å². The van der Waals surface area contributed by atoms with Gasteiger partial charge in [0.2, 0.25) is 0 Å². The van der Waals surface area contributed by atoms with Crippen molar-refractivity contribution in [2.75, 3.05) is 19.0 Å². The van der Waals surface area contributed by atoms with Crippen LogP contribution in [-0.2, 0) is 6.54 Å². The predicted octanol–water partition coefficient (Wildman–Crippen LogP) is 2.68. The number of benzene rings is 2. The lowest BCUT2D eigenvalue weighted by molar-refractivity contribution is 0.0961. The summed E-state index contributed by atoms with van der Waals surface area (Å²) < 4.78 is 14.6. The summed E-state index contributed by atoms with van der Waals surface area (Å²) in [6.45, 7) is 0.421. The van der Waals surface area contributed by atoms with Crippen molar-refractivity contribution in [1.29, 1.82) is 0 Å². The number of amides is 2. The highest BCUT2D eigenvalue weighted by molar-refractivity contribution is 9.10. The van der Waals surface area contributed by atoms with Gasteiger partial charge >= 0.3 is 0 Å². The smallest absolute Gasteiger partial charge is 0.253 e. The molecule has 2 aromatic rings. The second-order valence-corrected chi connectivity index (χ2v) is 6.19. The first kappa shape index (κ1) is 17.9. The van der Waals surface area contributed by atoms with Gasteiger partial charge < -0.3 is 16.0 Å². The van der Waals surface area contributed by atoms with Crippen molar-refractivity contribution < 1.29 is 14.0 Å². The van der Waals surface area contributed by atoms with E-state index in [0.29, 0.717) is 22.3 Å². The number of nitrogens with one attached hydrogen (secondary N) is 1. The van der Waals surface area contributed by atoms with E-state index in [9.17, 15) is 14.0 Å². The number of halogens is 2. The van der Waals surface area contributed by atoms with E-state index in [1.54, 1.807) is 49.3 Å². The zero-order valence-electron chi connectivity index (χ0n) is 13.3. The second-order valence-electron chi connectivity index (χ2n) is 5.28. The van der Waals surface area contributed by atoms with Crippen LogP contribution in [0.25, 0.3) is 0 Å². The van der Waals surface area contributed by atoms with Crippen LogP contribution >= 0.6 is 15.9 Å². The van der Waals surface area contributed by atoms with E-state index in [1.165, 1.54) is 6.07 Å². The van der Waals surface area contributed by atoms with Crippen LogP contribution in [0.15, 0.2) is 40.9 Å². The molecule has 0 aliphatic rings. The fourth-order valence-electron chi connectivity index (χ4n) is 2.37. The highest BCUT2D eigenvalue weighted by Gasteiger charge is 2.18. The molecular weight excluding hydrogens is 377 g/mol. The van der Waals surface area contributed by atoms with E-state index < -0.39 is 11.7 Å². The molecule has 0 aromatic heterocycles. The van der Waals surface area contributed by atoms with E-state index in [1.807, 2.05) is 0 Å². The molecular formula is C17H17BrFN3O2. The lowest BCUT2D eigenvalue weighted by Crippen LogP contribution is -2.23. The maximum absolute atomic E-state index is 14.0. The molecule has 2 amide bonds. The van der Waals surface area contributed by atoms with Crippen LogP contribution in [0.4, 0.5) is 10.1 Å².